The van der Waals surface area contributed by atoms with E-state index in [1.54, 1.807) is 24.1 Å². The second kappa shape index (κ2) is 17.1. The molecule has 3 aromatic rings. The number of piperidine rings is 1. The smallest absolute Gasteiger partial charge is 0.239 e. The number of hydrogen-bond acceptors (Lipinski definition) is 9. The van der Waals surface area contributed by atoms with E-state index in [1.165, 1.54) is 6.07 Å². The van der Waals surface area contributed by atoms with Gasteiger partial charge < -0.3 is 44.5 Å². The fraction of sp³-hybridized carbons (Fsp3) is 0.525. The van der Waals surface area contributed by atoms with E-state index in [1.807, 2.05) is 56.3 Å². The van der Waals surface area contributed by atoms with E-state index in [0.717, 1.165) is 72.9 Å². The highest BCUT2D eigenvalue weighted by Crippen LogP contribution is 2.36. The van der Waals surface area contributed by atoms with Gasteiger partial charge in [0.2, 0.25) is 5.91 Å². The Morgan fingerprint density at radius 3 is 2.67 bits per heavy atom. The first-order valence-corrected chi connectivity index (χ1v) is 18.3. The number of rotatable bonds is 14. The highest BCUT2D eigenvalue weighted by atomic mass is 19.1. The number of hydrogen-bond donors (Lipinski definition) is 2. The van der Waals surface area contributed by atoms with Crippen LogP contribution in [0.5, 0.6) is 11.5 Å². The molecule has 0 saturated carbocycles. The van der Waals surface area contributed by atoms with Crippen LogP contribution < -0.4 is 25.0 Å². The Hall–Kier alpha value is -3.90. The maximum absolute atomic E-state index is 13.8. The third-order valence-corrected chi connectivity index (χ3v) is 10.6. The fourth-order valence-corrected chi connectivity index (χ4v) is 7.41. The van der Waals surface area contributed by atoms with Crippen molar-refractivity contribution in [1.82, 2.24) is 4.90 Å². The number of halogens is 1. The normalized spacial score (nSPS) is 23.1. The van der Waals surface area contributed by atoms with Gasteiger partial charge in [-0.25, -0.2) is 4.39 Å². The molecule has 3 aliphatic rings. The molecule has 0 aromatic heterocycles. The van der Waals surface area contributed by atoms with Crippen molar-refractivity contribution < 1.29 is 33.2 Å². The van der Waals surface area contributed by atoms with Gasteiger partial charge in [0.25, 0.3) is 0 Å². The molecule has 6 atom stereocenters. The molecule has 11 heteroatoms. The van der Waals surface area contributed by atoms with Gasteiger partial charge in [-0.2, -0.15) is 0 Å². The fourth-order valence-electron chi connectivity index (χ4n) is 7.41. The Bertz CT molecular complexity index is 1590. The average Bonchev–Trinajstić information content (AvgIpc) is 3.62. The zero-order valence-electron chi connectivity index (χ0n) is 30.1. The Kier molecular flexibility index (Phi) is 12.3. The first-order chi connectivity index (χ1) is 24.7. The topological polar surface area (TPSA) is 110 Å². The molecule has 6 rings (SSSR count). The van der Waals surface area contributed by atoms with Gasteiger partial charge in [0.05, 0.1) is 43.6 Å². The minimum absolute atomic E-state index is 0.0182. The van der Waals surface area contributed by atoms with Gasteiger partial charge in [-0.15, -0.1) is 0 Å². The van der Waals surface area contributed by atoms with Crippen molar-refractivity contribution >= 4 is 17.3 Å². The lowest BCUT2D eigenvalue weighted by molar-refractivity contribution is -0.144. The van der Waals surface area contributed by atoms with Gasteiger partial charge >= 0.3 is 0 Å². The van der Waals surface area contributed by atoms with Crippen LogP contribution in [0.25, 0.3) is 0 Å². The molecule has 51 heavy (non-hydrogen) atoms. The van der Waals surface area contributed by atoms with Crippen LogP contribution in [-0.2, 0) is 20.9 Å². The number of β-amino-alcohol motifs (C(OH)–C–C–N with tert-alkyl or cyclic N) is 1. The molecule has 0 spiro atoms. The summed E-state index contributed by atoms with van der Waals surface area (Å²) in [6.45, 7) is 9.26. The summed E-state index contributed by atoms with van der Waals surface area (Å²) in [4.78, 5) is 19.6. The number of ether oxygens (including phenoxy) is 4. The molecule has 2 fully saturated rings. The van der Waals surface area contributed by atoms with Crippen LogP contribution in [0.3, 0.4) is 0 Å². The number of likely N-dealkylation sites (tertiary alicyclic amines) is 1. The minimum atomic E-state index is -0.855. The molecule has 0 radical (unpaired) electrons. The summed E-state index contributed by atoms with van der Waals surface area (Å²) in [7, 11) is 1.72. The number of benzene rings is 3. The zero-order valence-corrected chi connectivity index (χ0v) is 30.1. The Balaban J connectivity index is 1.16. The molecule has 0 unspecified atom stereocenters. The Morgan fingerprint density at radius 1 is 1.08 bits per heavy atom. The molecule has 0 aliphatic carbocycles. The number of carbonyl (C=O) groups is 1. The van der Waals surface area contributed by atoms with Crippen LogP contribution in [0.4, 0.5) is 15.8 Å². The van der Waals surface area contributed by atoms with Crippen LogP contribution in [0.2, 0.25) is 0 Å². The van der Waals surface area contributed by atoms with Crippen LogP contribution >= 0.6 is 0 Å². The molecular formula is C40H53FN4O6. The maximum atomic E-state index is 13.8. The number of carbonyl (C=O) groups excluding carboxylic acids is 1. The number of nitrogens with zero attached hydrogens (tertiary/aromatic N) is 3. The SMILES string of the molecule is CC[C@H](C)[C@H](N)C(=O)N1C[C@@H](O)[C@H](c2ccc(O[C@H]3CCN(c4cccc(F)c4)C3)cc2)[C@@H](OCc2ccc3c(c2)N(CCCOC)CCO3)C1. The lowest BCUT2D eigenvalue weighted by atomic mass is 9.84. The van der Waals surface area contributed by atoms with E-state index in [2.05, 4.69) is 15.9 Å². The van der Waals surface area contributed by atoms with E-state index in [4.69, 9.17) is 24.7 Å². The molecule has 2 saturated heterocycles. The van der Waals surface area contributed by atoms with Crippen LogP contribution in [-0.4, -0.2) is 99.9 Å². The number of methoxy groups -OCH3 is 1. The maximum Gasteiger partial charge on any atom is 0.239 e. The largest absolute Gasteiger partial charge is 0.490 e. The summed E-state index contributed by atoms with van der Waals surface area (Å²) < 4.78 is 38.0. The van der Waals surface area contributed by atoms with Gasteiger partial charge in [0.15, 0.2) is 0 Å². The lowest BCUT2D eigenvalue weighted by Gasteiger charge is -2.43. The van der Waals surface area contributed by atoms with Crippen LogP contribution in [0, 0.1) is 11.7 Å². The molecule has 1 amide bonds. The molecule has 3 heterocycles. The number of fused-ring (bicyclic) bond motifs is 1. The van der Waals surface area contributed by atoms with Crippen LogP contribution in [0.15, 0.2) is 66.7 Å². The first kappa shape index (κ1) is 36.9. The third kappa shape index (κ3) is 8.95. The summed E-state index contributed by atoms with van der Waals surface area (Å²) in [6, 6.07) is 19.9. The number of amides is 1. The quantitative estimate of drug-likeness (QED) is 0.225. The molecule has 3 aromatic carbocycles. The van der Waals surface area contributed by atoms with Crippen molar-refractivity contribution in [2.45, 2.75) is 70.0 Å². The molecule has 0 bridgehead atoms. The first-order valence-electron chi connectivity index (χ1n) is 18.3. The van der Waals surface area contributed by atoms with Gasteiger partial charge in [0.1, 0.15) is 30.0 Å². The van der Waals surface area contributed by atoms with Crippen LogP contribution in [0.1, 0.15) is 50.2 Å². The summed E-state index contributed by atoms with van der Waals surface area (Å²) in [5.74, 6) is 0.818. The lowest BCUT2D eigenvalue weighted by Crippen LogP contribution is -2.57. The second-order valence-electron chi connectivity index (χ2n) is 14.1. The van der Waals surface area contributed by atoms with E-state index in [-0.39, 0.29) is 36.2 Å². The molecule has 276 valence electrons. The minimum Gasteiger partial charge on any atom is -0.490 e. The molecular weight excluding hydrogens is 651 g/mol. The summed E-state index contributed by atoms with van der Waals surface area (Å²) >= 11 is 0. The summed E-state index contributed by atoms with van der Waals surface area (Å²) in [6.07, 6.45) is 1.17. The van der Waals surface area contributed by atoms with Crippen molar-refractivity contribution in [3.05, 3.63) is 83.7 Å². The van der Waals surface area contributed by atoms with Crippen molar-refractivity contribution in [2.75, 3.05) is 69.4 Å². The van der Waals surface area contributed by atoms with Gasteiger partial charge in [-0.3, -0.25) is 4.79 Å². The van der Waals surface area contributed by atoms with E-state index in [0.29, 0.717) is 32.9 Å². The Labute approximate surface area is 301 Å². The number of anilines is 2. The predicted molar refractivity (Wildman–Crippen MR) is 196 cm³/mol. The van der Waals surface area contributed by atoms with E-state index >= 15 is 0 Å². The number of aliphatic hydroxyl groups excluding tert-OH is 1. The Morgan fingerprint density at radius 2 is 1.90 bits per heavy atom. The second-order valence-corrected chi connectivity index (χ2v) is 14.1. The standard InChI is InChI=1S/C40H53FN4O6/c1-4-27(2)39(42)40(47)45-24-35(46)38(29-10-12-32(13-11-29)51-33-15-17-44(23-33)31-8-5-7-30(41)22-31)37(25-45)50-26-28-9-14-36-34(21-28)43(18-20-49-36)16-6-19-48-3/h5,7-14,21-22,27,33,35,37-39,46H,4,6,15-20,23-26,42H2,1-3H3/t27-,33-,35+,37-,38-,39-/m0/s1. The van der Waals surface area contributed by atoms with Gasteiger partial charge in [-0.1, -0.05) is 44.5 Å². The number of nitrogens with two attached hydrogens (primary N) is 1. The zero-order chi connectivity index (χ0) is 35.9. The monoisotopic (exact) mass is 704 g/mol. The molecule has 10 nitrogen and oxygen atoms in total. The molecule has 3 aliphatic heterocycles. The number of aliphatic hydroxyl groups is 1. The highest BCUT2D eigenvalue weighted by molar-refractivity contribution is 5.82. The van der Waals surface area contributed by atoms with Gasteiger partial charge in [0, 0.05) is 57.9 Å². The highest BCUT2D eigenvalue weighted by Gasteiger charge is 2.41. The van der Waals surface area contributed by atoms with Crippen molar-refractivity contribution in [3.8, 4) is 11.5 Å². The van der Waals surface area contributed by atoms with Gasteiger partial charge in [-0.05, 0) is 65.9 Å². The van der Waals surface area contributed by atoms with Crippen molar-refractivity contribution in [2.24, 2.45) is 11.7 Å². The predicted octanol–water partition coefficient (Wildman–Crippen LogP) is 4.96. The van der Waals surface area contributed by atoms with E-state index < -0.39 is 18.2 Å². The van der Waals surface area contributed by atoms with Crippen molar-refractivity contribution in [1.29, 1.82) is 0 Å². The van der Waals surface area contributed by atoms with Crippen molar-refractivity contribution in [3.63, 3.8) is 0 Å². The molecule has 3 N–H and O–H groups in total. The summed E-state index contributed by atoms with van der Waals surface area (Å²) in [5.41, 5.74) is 10.2. The third-order valence-electron chi connectivity index (χ3n) is 10.6. The summed E-state index contributed by atoms with van der Waals surface area (Å²) in [5, 5.41) is 11.6. The van der Waals surface area contributed by atoms with E-state index in [9.17, 15) is 14.3 Å². The average molecular weight is 705 g/mol.